The molecule has 1 fully saturated rings. The number of hydrogen-bond donors (Lipinski definition) is 1. The maximum atomic E-state index is 14.5. The first-order valence-corrected chi connectivity index (χ1v) is 11.6. The average molecular weight is 475 g/mol. The van der Waals surface area contributed by atoms with Crippen LogP contribution >= 0.6 is 0 Å². The van der Waals surface area contributed by atoms with Gasteiger partial charge in [0.25, 0.3) is 5.91 Å². The number of ether oxygens (including phenoxy) is 1. The van der Waals surface area contributed by atoms with Gasteiger partial charge in [0, 0.05) is 54.3 Å². The van der Waals surface area contributed by atoms with Crippen LogP contribution in [0.5, 0.6) is 5.75 Å². The van der Waals surface area contributed by atoms with E-state index in [2.05, 4.69) is 21.5 Å². The smallest absolute Gasteiger partial charge is 0.254 e. The predicted molar refractivity (Wildman–Crippen MR) is 139 cm³/mol. The van der Waals surface area contributed by atoms with E-state index in [9.17, 15) is 9.18 Å². The standard InChI is InChI=1S/C28H31FN4O2/c1-18(15-30-27-19(2)25(16-31-27)24-8-6-7-9-26(24)35-5)20-12-21(14-22(29)13-20)28(34)33(4)23-10-11-32(3)17-23/h6-9,12-16,23,31H,1,10-11,17H2,2-5H3/b30-15-. The van der Waals surface area contributed by atoms with Gasteiger partial charge in [0.1, 0.15) is 17.4 Å². The molecule has 1 amide bonds. The fourth-order valence-corrected chi connectivity index (χ4v) is 4.48. The van der Waals surface area contributed by atoms with Crippen LogP contribution in [0.2, 0.25) is 0 Å². The number of nitrogens with one attached hydrogen (secondary N) is 1. The molecule has 0 radical (unpaired) electrons. The third kappa shape index (κ3) is 5.20. The number of hydrogen-bond acceptors (Lipinski definition) is 4. The van der Waals surface area contributed by atoms with Crippen LogP contribution in [-0.2, 0) is 0 Å². The topological polar surface area (TPSA) is 60.9 Å². The number of allylic oxidation sites excluding steroid dienone is 1. The first kappa shape index (κ1) is 24.4. The van der Waals surface area contributed by atoms with Crippen LogP contribution < -0.4 is 4.74 Å². The van der Waals surface area contributed by atoms with Gasteiger partial charge in [-0.05, 0) is 62.3 Å². The van der Waals surface area contributed by atoms with Crippen molar-refractivity contribution in [3.8, 4) is 16.9 Å². The van der Waals surface area contributed by atoms with E-state index in [1.54, 1.807) is 31.3 Å². The Hall–Kier alpha value is -3.71. The number of amides is 1. The van der Waals surface area contributed by atoms with E-state index < -0.39 is 5.82 Å². The summed E-state index contributed by atoms with van der Waals surface area (Å²) in [5.74, 6) is 0.773. The van der Waals surface area contributed by atoms with Crippen molar-refractivity contribution in [1.82, 2.24) is 14.8 Å². The van der Waals surface area contributed by atoms with Crippen molar-refractivity contribution in [2.45, 2.75) is 19.4 Å². The van der Waals surface area contributed by atoms with Crippen LogP contribution in [-0.4, -0.2) is 67.2 Å². The number of carbonyl (C=O) groups is 1. The predicted octanol–water partition coefficient (Wildman–Crippen LogP) is 5.33. The lowest BCUT2D eigenvalue weighted by molar-refractivity contribution is 0.0737. The number of nitrogens with zero attached hydrogens (tertiary/aromatic N) is 3. The van der Waals surface area contributed by atoms with Crippen molar-refractivity contribution in [3.05, 3.63) is 77.7 Å². The summed E-state index contributed by atoms with van der Waals surface area (Å²) in [6.07, 6.45) is 4.38. The van der Waals surface area contributed by atoms with Crippen molar-refractivity contribution in [1.29, 1.82) is 0 Å². The van der Waals surface area contributed by atoms with Crippen molar-refractivity contribution >= 4 is 23.5 Å². The van der Waals surface area contributed by atoms with Gasteiger partial charge in [0.05, 0.1) is 7.11 Å². The number of methoxy groups -OCH3 is 1. The number of rotatable bonds is 7. The zero-order valence-corrected chi connectivity index (χ0v) is 20.6. The van der Waals surface area contributed by atoms with E-state index in [1.807, 2.05) is 44.4 Å². The molecule has 1 aliphatic rings. The number of H-pyrrole nitrogens is 1. The van der Waals surface area contributed by atoms with Crippen LogP contribution in [0.15, 0.2) is 60.2 Å². The number of likely N-dealkylation sites (N-methyl/N-ethyl adjacent to an activating group) is 2. The highest BCUT2D eigenvalue weighted by molar-refractivity contribution is 6.10. The first-order chi connectivity index (χ1) is 16.8. The zero-order chi connectivity index (χ0) is 25.1. The van der Waals surface area contributed by atoms with Crippen LogP contribution in [0.1, 0.15) is 27.9 Å². The van der Waals surface area contributed by atoms with E-state index in [0.717, 1.165) is 42.0 Å². The monoisotopic (exact) mass is 474 g/mol. The molecule has 4 rings (SSSR count). The van der Waals surface area contributed by atoms with Crippen molar-refractivity contribution in [2.24, 2.45) is 4.99 Å². The molecule has 0 saturated carbocycles. The lowest BCUT2D eigenvalue weighted by Crippen LogP contribution is -2.38. The molecular weight excluding hydrogens is 443 g/mol. The van der Waals surface area contributed by atoms with Gasteiger partial charge in [0.2, 0.25) is 0 Å². The van der Waals surface area contributed by atoms with Gasteiger partial charge in [-0.25, -0.2) is 9.38 Å². The van der Waals surface area contributed by atoms with Gasteiger partial charge >= 0.3 is 0 Å². The van der Waals surface area contributed by atoms with Gasteiger partial charge in [-0.2, -0.15) is 0 Å². The Bertz CT molecular complexity index is 1280. The summed E-state index contributed by atoms with van der Waals surface area (Å²) in [5.41, 5.74) is 4.24. The van der Waals surface area contributed by atoms with Gasteiger partial charge < -0.3 is 19.5 Å². The molecule has 2 aromatic carbocycles. The number of para-hydroxylation sites is 1. The third-order valence-corrected chi connectivity index (χ3v) is 6.61. The molecule has 1 unspecified atom stereocenters. The molecular formula is C28H31FN4O2. The fraction of sp³-hybridized carbons (Fsp3) is 0.286. The Morgan fingerprint density at radius 2 is 2.00 bits per heavy atom. The molecule has 1 N–H and O–H groups in total. The number of aromatic nitrogens is 1. The van der Waals surface area contributed by atoms with E-state index in [1.165, 1.54) is 12.1 Å². The number of aliphatic imine (C=N–C) groups is 1. The Balaban J connectivity index is 1.54. The number of benzene rings is 2. The van der Waals surface area contributed by atoms with E-state index in [0.29, 0.717) is 22.5 Å². The molecule has 1 aliphatic heterocycles. The zero-order valence-electron chi connectivity index (χ0n) is 20.6. The molecule has 182 valence electrons. The summed E-state index contributed by atoms with van der Waals surface area (Å²) in [5, 5.41) is 0. The summed E-state index contributed by atoms with van der Waals surface area (Å²) < 4.78 is 19.9. The molecule has 1 saturated heterocycles. The fourth-order valence-electron chi connectivity index (χ4n) is 4.48. The lowest BCUT2D eigenvalue weighted by atomic mass is 10.0. The van der Waals surface area contributed by atoms with Crippen LogP contribution in [0, 0.1) is 12.7 Å². The highest BCUT2D eigenvalue weighted by Crippen LogP contribution is 2.35. The van der Waals surface area contributed by atoms with Crippen molar-refractivity contribution in [3.63, 3.8) is 0 Å². The first-order valence-electron chi connectivity index (χ1n) is 11.6. The second-order valence-electron chi connectivity index (χ2n) is 9.01. The SMILES string of the molecule is C=C(/C=N\c1[nH]cc(-c2ccccc2OC)c1C)c1cc(F)cc(C(=O)N(C)C2CCN(C)C2)c1. The summed E-state index contributed by atoms with van der Waals surface area (Å²) in [6.45, 7) is 7.79. The number of halogens is 1. The number of aromatic amines is 1. The highest BCUT2D eigenvalue weighted by Gasteiger charge is 2.27. The van der Waals surface area contributed by atoms with Gasteiger partial charge in [-0.3, -0.25) is 4.79 Å². The van der Waals surface area contributed by atoms with Crippen LogP contribution in [0.25, 0.3) is 16.7 Å². The summed E-state index contributed by atoms with van der Waals surface area (Å²) in [4.78, 5) is 24.7. The van der Waals surface area contributed by atoms with Crippen LogP contribution in [0.4, 0.5) is 10.2 Å². The summed E-state index contributed by atoms with van der Waals surface area (Å²) in [6, 6.07) is 12.2. The maximum absolute atomic E-state index is 14.5. The molecule has 6 nitrogen and oxygen atoms in total. The highest BCUT2D eigenvalue weighted by atomic mass is 19.1. The Labute approximate surface area is 205 Å². The molecule has 0 bridgehead atoms. The average Bonchev–Trinajstić information content (AvgIpc) is 3.46. The van der Waals surface area contributed by atoms with Crippen LogP contribution in [0.3, 0.4) is 0 Å². The Morgan fingerprint density at radius 1 is 1.26 bits per heavy atom. The van der Waals surface area contributed by atoms with Gasteiger partial charge in [0.15, 0.2) is 0 Å². The normalized spacial score (nSPS) is 16.1. The molecule has 0 aliphatic carbocycles. The van der Waals surface area contributed by atoms with Gasteiger partial charge in [-0.1, -0.05) is 24.8 Å². The van der Waals surface area contributed by atoms with E-state index in [4.69, 9.17) is 4.74 Å². The van der Waals surface area contributed by atoms with E-state index in [-0.39, 0.29) is 11.9 Å². The molecule has 1 atom stereocenters. The lowest BCUT2D eigenvalue weighted by Gasteiger charge is -2.24. The summed E-state index contributed by atoms with van der Waals surface area (Å²) >= 11 is 0. The molecule has 0 spiro atoms. The molecule has 35 heavy (non-hydrogen) atoms. The molecule has 3 aromatic rings. The number of carbonyl (C=O) groups excluding carboxylic acids is 1. The number of likely N-dealkylation sites (tertiary alicyclic amines) is 1. The second kappa shape index (κ2) is 10.3. The Morgan fingerprint density at radius 3 is 2.71 bits per heavy atom. The molecule has 7 heteroatoms. The van der Waals surface area contributed by atoms with Crippen molar-refractivity contribution < 1.29 is 13.9 Å². The van der Waals surface area contributed by atoms with Crippen molar-refractivity contribution in [2.75, 3.05) is 34.3 Å². The largest absolute Gasteiger partial charge is 0.496 e. The Kier molecular flexibility index (Phi) is 7.17. The third-order valence-electron chi connectivity index (χ3n) is 6.61. The molecule has 1 aromatic heterocycles. The minimum Gasteiger partial charge on any atom is -0.496 e. The minimum atomic E-state index is -0.480. The van der Waals surface area contributed by atoms with Gasteiger partial charge in [-0.15, -0.1) is 0 Å². The quantitative estimate of drug-likeness (QED) is 0.471. The second-order valence-corrected chi connectivity index (χ2v) is 9.01. The van der Waals surface area contributed by atoms with E-state index >= 15 is 0 Å². The summed E-state index contributed by atoms with van der Waals surface area (Å²) in [7, 11) is 5.46. The molecule has 2 heterocycles. The maximum Gasteiger partial charge on any atom is 0.254 e. The minimum absolute atomic E-state index is 0.122.